The van der Waals surface area contributed by atoms with E-state index < -0.39 is 14.1 Å². The molecule has 0 atom stereocenters. The highest BCUT2D eigenvalue weighted by Gasteiger charge is 2.25. The maximum atomic E-state index is 13.2. The fourth-order valence-electron chi connectivity index (χ4n) is 3.47. The lowest BCUT2D eigenvalue weighted by Gasteiger charge is -2.17. The second-order valence-electron chi connectivity index (χ2n) is 8.14. The third-order valence-electron chi connectivity index (χ3n) is 5.40. The van der Waals surface area contributed by atoms with E-state index in [2.05, 4.69) is 95.6 Å². The van der Waals surface area contributed by atoms with Crippen LogP contribution in [0.15, 0.2) is 94.7 Å². The van der Waals surface area contributed by atoms with Gasteiger partial charge in [-0.15, -0.1) is 0 Å². The molecule has 0 aliphatic heterocycles. The molecular weight excluding hydrogens is 916 g/mol. The number of ether oxygens (including phenoxy) is 2. The van der Waals surface area contributed by atoms with E-state index in [0.29, 0.717) is 34.4 Å². The van der Waals surface area contributed by atoms with Crippen molar-refractivity contribution in [2.75, 3.05) is 11.5 Å². The first-order valence-electron chi connectivity index (χ1n) is 10.9. The van der Waals surface area contributed by atoms with Crippen LogP contribution in [0.1, 0.15) is 11.1 Å². The average Bonchev–Trinajstić information content (AvgIpc) is 2.86. The van der Waals surface area contributed by atoms with Crippen LogP contribution in [-0.4, -0.2) is 8.42 Å². The van der Waals surface area contributed by atoms with Gasteiger partial charge < -0.3 is 20.9 Å². The minimum atomic E-state index is -3.76. The molecule has 204 valence electrons. The Kier molecular flexibility index (Phi) is 9.52. The van der Waals surface area contributed by atoms with Crippen molar-refractivity contribution in [3.05, 3.63) is 96.1 Å². The summed E-state index contributed by atoms with van der Waals surface area (Å²) in [4.78, 5) is 0.266. The van der Waals surface area contributed by atoms with Gasteiger partial charge in [0.1, 0.15) is 23.0 Å². The molecule has 6 nitrogen and oxygen atoms in total. The summed E-state index contributed by atoms with van der Waals surface area (Å²) in [6.07, 6.45) is 0. The Bertz CT molecular complexity index is 1490. The highest BCUT2D eigenvalue weighted by atomic mass is 80.0. The van der Waals surface area contributed by atoms with Crippen LogP contribution in [0, 0.1) is 0 Å². The number of alkyl halides is 6. The maximum absolute atomic E-state index is 13.2. The minimum absolute atomic E-state index is 0.133. The Hall–Kier alpha value is -1.09. The lowest BCUT2D eigenvalue weighted by molar-refractivity contribution is 0.481. The largest absolute Gasteiger partial charge is 0.457 e. The lowest BCUT2D eigenvalue weighted by Crippen LogP contribution is -2.04. The van der Waals surface area contributed by atoms with Crippen LogP contribution < -0.4 is 20.9 Å². The molecule has 0 aromatic heterocycles. The molecule has 4 aromatic carbocycles. The molecule has 0 saturated heterocycles. The molecule has 0 fully saturated rings. The molecule has 0 bridgehead atoms. The summed E-state index contributed by atoms with van der Waals surface area (Å²) < 4.78 is 36.8. The Balaban J connectivity index is 1.49. The lowest BCUT2D eigenvalue weighted by atomic mass is 10.2. The molecule has 0 unspecified atom stereocenters. The van der Waals surface area contributed by atoms with Crippen LogP contribution in [0.3, 0.4) is 0 Å². The smallest absolute Gasteiger partial charge is 0.206 e. The molecule has 4 N–H and O–H groups in total. The molecule has 0 heterocycles. The van der Waals surface area contributed by atoms with E-state index in [1.54, 1.807) is 60.7 Å². The first-order chi connectivity index (χ1) is 18.1. The highest BCUT2D eigenvalue weighted by molar-refractivity contribution is 9.39. The average molecular weight is 934 g/mol. The predicted octanol–water partition coefficient (Wildman–Crippen LogP) is 9.86. The summed E-state index contributed by atoms with van der Waals surface area (Å²) in [6.45, 7) is 0. The van der Waals surface area contributed by atoms with Crippen LogP contribution in [0.25, 0.3) is 0 Å². The third kappa shape index (κ3) is 7.60. The number of halogens is 6. The number of hydrogen-bond donors (Lipinski definition) is 2. The van der Waals surface area contributed by atoms with Crippen molar-refractivity contribution >= 4 is 117 Å². The maximum Gasteiger partial charge on any atom is 0.206 e. The monoisotopic (exact) mass is 928 g/mol. The summed E-state index contributed by atoms with van der Waals surface area (Å²) >= 11 is 20.7. The van der Waals surface area contributed by atoms with Crippen molar-refractivity contribution in [3.63, 3.8) is 0 Å². The summed E-state index contributed by atoms with van der Waals surface area (Å²) in [5.41, 5.74) is 14.6. The molecule has 39 heavy (non-hydrogen) atoms. The van der Waals surface area contributed by atoms with Gasteiger partial charge in [0, 0.05) is 22.5 Å². The van der Waals surface area contributed by atoms with Crippen LogP contribution >= 0.6 is 95.6 Å². The Morgan fingerprint density at radius 1 is 0.513 bits per heavy atom. The number of sulfone groups is 1. The van der Waals surface area contributed by atoms with Gasteiger partial charge in [-0.25, -0.2) is 8.42 Å². The fraction of sp³-hybridized carbons (Fsp3) is 0.0769. The van der Waals surface area contributed by atoms with E-state index in [4.69, 9.17) is 20.9 Å². The van der Waals surface area contributed by atoms with Gasteiger partial charge in [-0.1, -0.05) is 95.6 Å². The molecular formula is C26H18Br6N2O4S. The van der Waals surface area contributed by atoms with Gasteiger partial charge in [0.05, 0.1) is 9.79 Å². The Labute approximate surface area is 276 Å². The Morgan fingerprint density at radius 3 is 1.13 bits per heavy atom. The van der Waals surface area contributed by atoms with Crippen molar-refractivity contribution in [3.8, 4) is 23.0 Å². The molecule has 0 aliphatic rings. The molecule has 4 aromatic rings. The van der Waals surface area contributed by atoms with Gasteiger partial charge in [-0.05, 0) is 84.9 Å². The van der Waals surface area contributed by atoms with E-state index in [9.17, 15) is 8.42 Å². The van der Waals surface area contributed by atoms with Gasteiger partial charge in [0.15, 0.2) is 4.29 Å². The van der Waals surface area contributed by atoms with Gasteiger partial charge in [0.25, 0.3) is 0 Å². The van der Waals surface area contributed by atoms with E-state index in [1.807, 2.05) is 0 Å². The first-order valence-corrected chi connectivity index (χ1v) is 17.1. The quantitative estimate of drug-likeness (QED) is 0.148. The summed E-state index contributed by atoms with van der Waals surface area (Å²) in [7, 11) is -3.76. The van der Waals surface area contributed by atoms with E-state index in [1.165, 1.54) is 24.3 Å². The van der Waals surface area contributed by atoms with Gasteiger partial charge in [-0.2, -0.15) is 0 Å². The van der Waals surface area contributed by atoms with E-state index in [-0.39, 0.29) is 9.79 Å². The number of rotatable bonds is 6. The van der Waals surface area contributed by atoms with Crippen LogP contribution in [0.2, 0.25) is 0 Å². The molecule has 0 aliphatic carbocycles. The number of hydrogen-bond acceptors (Lipinski definition) is 6. The van der Waals surface area contributed by atoms with Crippen LogP contribution in [0.5, 0.6) is 23.0 Å². The second kappa shape index (κ2) is 12.0. The number of nitrogen functional groups attached to an aromatic ring is 2. The van der Waals surface area contributed by atoms with Crippen LogP contribution in [0.4, 0.5) is 11.4 Å². The predicted molar refractivity (Wildman–Crippen MR) is 177 cm³/mol. The normalized spacial score (nSPS) is 12.3. The molecule has 0 spiro atoms. The number of benzene rings is 4. The molecule has 0 amide bonds. The van der Waals surface area contributed by atoms with Crippen LogP contribution in [-0.2, 0) is 14.1 Å². The molecule has 13 heteroatoms. The van der Waals surface area contributed by atoms with Gasteiger partial charge in [0.2, 0.25) is 9.84 Å². The second-order valence-corrected chi connectivity index (χ2v) is 23.6. The van der Waals surface area contributed by atoms with Crippen molar-refractivity contribution in [2.24, 2.45) is 0 Å². The Morgan fingerprint density at radius 2 is 0.821 bits per heavy atom. The summed E-state index contributed by atoms with van der Waals surface area (Å²) in [6, 6.07) is 22.8. The topological polar surface area (TPSA) is 105 Å². The fourth-order valence-corrected chi connectivity index (χ4v) is 6.79. The zero-order chi connectivity index (χ0) is 28.6. The van der Waals surface area contributed by atoms with Crippen molar-refractivity contribution in [1.82, 2.24) is 0 Å². The third-order valence-corrected chi connectivity index (χ3v) is 9.75. The van der Waals surface area contributed by atoms with E-state index >= 15 is 0 Å². The summed E-state index contributed by atoms with van der Waals surface area (Å²) in [5, 5.41) is 0. The van der Waals surface area contributed by atoms with E-state index in [0.717, 1.165) is 11.1 Å². The number of nitrogens with two attached hydrogens (primary N) is 2. The molecule has 0 saturated carbocycles. The number of anilines is 2. The van der Waals surface area contributed by atoms with Crippen molar-refractivity contribution < 1.29 is 17.9 Å². The zero-order valence-corrected chi connectivity index (χ0v) is 29.9. The van der Waals surface area contributed by atoms with Gasteiger partial charge in [-0.3, -0.25) is 0 Å². The molecule has 4 rings (SSSR count). The van der Waals surface area contributed by atoms with Gasteiger partial charge >= 0.3 is 0 Å². The van der Waals surface area contributed by atoms with Crippen molar-refractivity contribution in [2.45, 2.75) is 14.1 Å². The first kappa shape index (κ1) is 30.9. The minimum Gasteiger partial charge on any atom is -0.457 e. The standard InChI is InChI=1S/C26H18Br6N2O4S/c27-25(28,29)21-13-17(5-11-23(21)33)37-15-1-7-19(8-2-15)39(35,36)20-9-3-16(4-10-20)38-18-6-12-24(34)22(14-18)26(30,31)32/h1-14H,33-34H2. The zero-order valence-electron chi connectivity index (χ0n) is 19.5. The summed E-state index contributed by atoms with van der Waals surface area (Å²) in [5.74, 6) is 2.02. The molecule has 0 radical (unpaired) electrons. The highest BCUT2D eigenvalue weighted by Crippen LogP contribution is 2.49. The van der Waals surface area contributed by atoms with Crippen molar-refractivity contribution in [1.29, 1.82) is 0 Å². The SMILES string of the molecule is Nc1ccc(Oc2ccc(S(=O)(=O)c3ccc(Oc4ccc(N)c(C(Br)(Br)Br)c4)cc3)cc2)cc1C(Br)(Br)Br.